The van der Waals surface area contributed by atoms with Crippen LogP contribution in [0.5, 0.6) is 23.0 Å². The summed E-state index contributed by atoms with van der Waals surface area (Å²) in [6, 6.07) is 10.9. The molecule has 2 aromatic carbocycles. The van der Waals surface area contributed by atoms with Crippen molar-refractivity contribution in [2.45, 2.75) is 13.3 Å². The van der Waals surface area contributed by atoms with Crippen LogP contribution in [0.25, 0.3) is 6.08 Å². The zero-order chi connectivity index (χ0) is 22.2. The summed E-state index contributed by atoms with van der Waals surface area (Å²) in [6.07, 6.45) is 2.38. The van der Waals surface area contributed by atoms with Gasteiger partial charge in [-0.15, -0.1) is 0 Å². The molecule has 0 unspecified atom stereocenters. The van der Waals surface area contributed by atoms with Gasteiger partial charge in [-0.3, -0.25) is 4.79 Å². The molecule has 0 saturated carbocycles. The Bertz CT molecular complexity index is 979. The summed E-state index contributed by atoms with van der Waals surface area (Å²) in [6.45, 7) is 3.23. The number of methoxy groups -OCH3 is 1. The van der Waals surface area contributed by atoms with Crippen molar-refractivity contribution in [2.24, 2.45) is 0 Å². The fraction of sp³-hybridized carbons (Fsp3) is 0.273. The van der Waals surface area contributed by atoms with E-state index in [1.165, 1.54) is 11.8 Å². The molecule has 1 aliphatic rings. The van der Waals surface area contributed by atoms with E-state index < -0.39 is 0 Å². The number of thiocarbonyl (C=S) groups is 1. The second kappa shape index (κ2) is 11.3. The molecule has 1 N–H and O–H groups in total. The summed E-state index contributed by atoms with van der Waals surface area (Å²) >= 11 is 12.7. The Morgan fingerprint density at radius 3 is 2.45 bits per heavy atom. The van der Waals surface area contributed by atoms with Crippen molar-refractivity contribution in [1.82, 2.24) is 5.32 Å². The van der Waals surface area contributed by atoms with E-state index in [0.717, 1.165) is 17.1 Å². The third kappa shape index (κ3) is 6.53. The van der Waals surface area contributed by atoms with Crippen molar-refractivity contribution in [3.63, 3.8) is 0 Å². The van der Waals surface area contributed by atoms with Gasteiger partial charge in [-0.25, -0.2) is 0 Å². The Kier molecular flexibility index (Phi) is 8.45. The van der Waals surface area contributed by atoms with Crippen LogP contribution in [-0.4, -0.2) is 37.2 Å². The zero-order valence-corrected chi connectivity index (χ0v) is 19.5. The smallest absolute Gasteiger partial charge is 0.263 e. The number of carbonyl (C=O) groups excluding carboxylic acids is 1. The Labute approximate surface area is 195 Å². The molecular weight excluding hydrogens is 458 g/mol. The van der Waals surface area contributed by atoms with Crippen LogP contribution in [0.2, 0.25) is 5.02 Å². The van der Waals surface area contributed by atoms with Crippen LogP contribution < -0.4 is 24.3 Å². The van der Waals surface area contributed by atoms with Crippen LogP contribution >= 0.6 is 35.6 Å². The lowest BCUT2D eigenvalue weighted by Crippen LogP contribution is -2.17. The van der Waals surface area contributed by atoms with Crippen molar-refractivity contribution in [3.8, 4) is 23.0 Å². The number of hydrogen-bond donors (Lipinski definition) is 1. The lowest BCUT2D eigenvalue weighted by atomic mass is 10.2. The van der Waals surface area contributed by atoms with E-state index >= 15 is 0 Å². The van der Waals surface area contributed by atoms with E-state index in [0.29, 0.717) is 52.0 Å². The second-order valence-corrected chi connectivity index (χ2v) is 8.47. The molecule has 0 spiro atoms. The van der Waals surface area contributed by atoms with E-state index in [1.54, 1.807) is 25.3 Å². The number of nitrogens with one attached hydrogen (secondary N) is 1. The van der Waals surface area contributed by atoms with Gasteiger partial charge in [0.15, 0.2) is 11.5 Å². The molecule has 164 valence electrons. The van der Waals surface area contributed by atoms with Crippen molar-refractivity contribution < 1.29 is 23.7 Å². The number of benzene rings is 2. The first-order valence-electron chi connectivity index (χ1n) is 9.61. The van der Waals surface area contributed by atoms with E-state index in [4.69, 9.17) is 42.8 Å². The third-order valence-electron chi connectivity index (χ3n) is 4.13. The average Bonchev–Trinajstić information content (AvgIpc) is 3.06. The molecule has 0 aliphatic carbocycles. The van der Waals surface area contributed by atoms with Crippen LogP contribution in [0, 0.1) is 0 Å². The molecule has 1 saturated heterocycles. The molecule has 6 nitrogen and oxygen atoms in total. The largest absolute Gasteiger partial charge is 0.497 e. The highest BCUT2D eigenvalue weighted by Crippen LogP contribution is 2.38. The summed E-state index contributed by atoms with van der Waals surface area (Å²) < 4.78 is 22.8. The molecular formula is C22H22ClNO5S2. The van der Waals surface area contributed by atoms with Crippen molar-refractivity contribution in [2.75, 3.05) is 26.9 Å². The lowest BCUT2D eigenvalue weighted by molar-refractivity contribution is -0.115. The molecule has 2 aromatic rings. The molecule has 9 heteroatoms. The Balaban J connectivity index is 1.60. The van der Waals surface area contributed by atoms with Crippen LogP contribution in [0.4, 0.5) is 0 Å². The average molecular weight is 480 g/mol. The van der Waals surface area contributed by atoms with Gasteiger partial charge in [-0.2, -0.15) is 0 Å². The van der Waals surface area contributed by atoms with Gasteiger partial charge in [-0.05, 0) is 55.0 Å². The van der Waals surface area contributed by atoms with E-state index in [1.807, 2.05) is 31.2 Å². The fourth-order valence-corrected chi connectivity index (χ4v) is 4.06. The zero-order valence-electron chi connectivity index (χ0n) is 17.1. The molecule has 0 bridgehead atoms. The van der Waals surface area contributed by atoms with Crippen molar-refractivity contribution in [3.05, 3.63) is 51.9 Å². The topological polar surface area (TPSA) is 66.0 Å². The molecule has 0 atom stereocenters. The van der Waals surface area contributed by atoms with Gasteiger partial charge in [0.05, 0.1) is 36.9 Å². The number of ether oxygens (including phenoxy) is 4. The molecule has 0 aromatic heterocycles. The fourth-order valence-electron chi connectivity index (χ4n) is 2.74. The van der Waals surface area contributed by atoms with Gasteiger partial charge in [0.1, 0.15) is 15.8 Å². The molecule has 1 aliphatic heterocycles. The van der Waals surface area contributed by atoms with Gasteiger partial charge in [0.25, 0.3) is 5.91 Å². The summed E-state index contributed by atoms with van der Waals surface area (Å²) in [4.78, 5) is 12.4. The molecule has 1 heterocycles. The number of thioether (sulfide) groups is 1. The first kappa shape index (κ1) is 23.2. The number of amides is 1. The first-order valence-corrected chi connectivity index (χ1v) is 11.2. The van der Waals surface area contributed by atoms with Crippen molar-refractivity contribution in [1.29, 1.82) is 0 Å². The minimum Gasteiger partial charge on any atom is -0.497 e. The monoisotopic (exact) mass is 479 g/mol. The number of halogens is 1. The maximum atomic E-state index is 11.9. The predicted molar refractivity (Wildman–Crippen MR) is 128 cm³/mol. The first-order chi connectivity index (χ1) is 15.0. The number of carbonyl (C=O) groups is 1. The Hall–Kier alpha value is -2.42. The maximum absolute atomic E-state index is 11.9. The summed E-state index contributed by atoms with van der Waals surface area (Å²) in [5, 5.41) is 2.99. The van der Waals surface area contributed by atoms with Gasteiger partial charge in [-0.1, -0.05) is 35.6 Å². The van der Waals surface area contributed by atoms with E-state index in [-0.39, 0.29) is 5.91 Å². The van der Waals surface area contributed by atoms with Crippen LogP contribution in [0.3, 0.4) is 0 Å². The molecule has 3 rings (SSSR count). The van der Waals surface area contributed by atoms with Crippen LogP contribution in [0.15, 0.2) is 41.3 Å². The maximum Gasteiger partial charge on any atom is 0.263 e. The normalized spacial score (nSPS) is 14.5. The number of rotatable bonds is 10. The number of hydrogen-bond acceptors (Lipinski definition) is 7. The predicted octanol–water partition coefficient (Wildman–Crippen LogP) is 5.08. The van der Waals surface area contributed by atoms with Gasteiger partial charge < -0.3 is 24.3 Å². The highest BCUT2D eigenvalue weighted by molar-refractivity contribution is 8.26. The molecule has 1 amide bonds. The summed E-state index contributed by atoms with van der Waals surface area (Å²) in [5.41, 5.74) is 0.728. The Morgan fingerprint density at radius 2 is 1.81 bits per heavy atom. The van der Waals surface area contributed by atoms with Crippen LogP contribution in [0.1, 0.15) is 18.9 Å². The lowest BCUT2D eigenvalue weighted by Gasteiger charge is -2.15. The quantitative estimate of drug-likeness (QED) is 0.289. The van der Waals surface area contributed by atoms with Gasteiger partial charge in [0.2, 0.25) is 0 Å². The van der Waals surface area contributed by atoms with E-state index in [2.05, 4.69) is 5.32 Å². The minimum atomic E-state index is -0.221. The standard InChI is InChI=1S/C22H22ClNO5S2/c1-3-27-18-12-14(13-19-21(25)24-22(30)31-19)11-17(23)20(18)29-10-4-9-28-16-7-5-15(26-2)6-8-16/h5-8,11-13H,3-4,9-10H2,1-2H3,(H,24,25,30). The van der Waals surface area contributed by atoms with Crippen LogP contribution in [-0.2, 0) is 4.79 Å². The molecule has 0 radical (unpaired) electrons. The Morgan fingerprint density at radius 1 is 1.10 bits per heavy atom. The van der Waals surface area contributed by atoms with E-state index in [9.17, 15) is 4.79 Å². The second-order valence-electron chi connectivity index (χ2n) is 6.34. The minimum absolute atomic E-state index is 0.221. The van der Waals surface area contributed by atoms with Gasteiger partial charge in [0, 0.05) is 6.42 Å². The highest BCUT2D eigenvalue weighted by atomic mass is 35.5. The third-order valence-corrected chi connectivity index (χ3v) is 5.58. The SMILES string of the molecule is CCOc1cc(C=C2SC(=S)NC2=O)cc(Cl)c1OCCCOc1ccc(OC)cc1. The highest BCUT2D eigenvalue weighted by Gasteiger charge is 2.22. The molecule has 31 heavy (non-hydrogen) atoms. The summed E-state index contributed by atoms with van der Waals surface area (Å²) in [7, 11) is 1.62. The van der Waals surface area contributed by atoms with Gasteiger partial charge >= 0.3 is 0 Å². The van der Waals surface area contributed by atoms with Crippen molar-refractivity contribution >= 4 is 51.9 Å². The summed E-state index contributed by atoms with van der Waals surface area (Å²) in [5.74, 6) is 2.31. The molecule has 1 fully saturated rings.